The molecule has 1 heterocycles. The third kappa shape index (κ3) is 1.82. The van der Waals surface area contributed by atoms with Crippen LogP contribution in [0.5, 0.6) is 0 Å². The molecule has 2 N–H and O–H groups in total. The van der Waals surface area contributed by atoms with Gasteiger partial charge in [-0.25, -0.2) is 4.39 Å². The highest BCUT2D eigenvalue weighted by atomic mass is 19.1. The molecule has 114 valence electrons. The molecule has 4 nitrogen and oxygen atoms in total. The second-order valence-corrected chi connectivity index (χ2v) is 5.60. The molecule has 0 bridgehead atoms. The van der Waals surface area contributed by atoms with Crippen molar-refractivity contribution in [3.8, 4) is 0 Å². The van der Waals surface area contributed by atoms with E-state index in [4.69, 9.17) is 4.74 Å². The van der Waals surface area contributed by atoms with Crippen LogP contribution in [-0.2, 0) is 4.74 Å². The van der Waals surface area contributed by atoms with E-state index in [9.17, 15) is 14.6 Å². The Morgan fingerprint density at radius 3 is 2.68 bits per heavy atom. The molecule has 2 aromatic carbocycles. The number of ether oxygens (including phenoxy) is 1. The maximum atomic E-state index is 14.0. The summed E-state index contributed by atoms with van der Waals surface area (Å²) < 4.78 is 19.4. The van der Waals surface area contributed by atoms with Gasteiger partial charge in [-0.1, -0.05) is 18.2 Å². The van der Waals surface area contributed by atoms with Crippen molar-refractivity contribution in [1.82, 2.24) is 0 Å². The number of hydrogen-bond acceptors (Lipinski definition) is 4. The fourth-order valence-corrected chi connectivity index (χ4v) is 3.32. The Bertz CT molecular complexity index is 781. The van der Waals surface area contributed by atoms with Crippen LogP contribution in [0.1, 0.15) is 17.2 Å². The van der Waals surface area contributed by atoms with Gasteiger partial charge < -0.3 is 19.8 Å². The van der Waals surface area contributed by atoms with Crippen LogP contribution in [0.4, 0.5) is 10.1 Å². The van der Waals surface area contributed by atoms with Gasteiger partial charge in [0, 0.05) is 35.1 Å². The lowest BCUT2D eigenvalue weighted by atomic mass is 9.88. The quantitative estimate of drug-likeness (QED) is 0.850. The lowest BCUT2D eigenvalue weighted by molar-refractivity contribution is 0.123. The van der Waals surface area contributed by atoms with Gasteiger partial charge in [0.05, 0.1) is 13.2 Å². The first-order valence-corrected chi connectivity index (χ1v) is 7.34. The van der Waals surface area contributed by atoms with E-state index in [0.29, 0.717) is 24.3 Å². The van der Waals surface area contributed by atoms with Gasteiger partial charge in [0.2, 0.25) is 0 Å². The Kier molecular flexibility index (Phi) is 3.06. The summed E-state index contributed by atoms with van der Waals surface area (Å²) >= 11 is 0. The van der Waals surface area contributed by atoms with Crippen LogP contribution in [0.3, 0.4) is 0 Å². The summed E-state index contributed by atoms with van der Waals surface area (Å²) in [6, 6.07) is 9.07. The third-order valence-corrected chi connectivity index (χ3v) is 4.42. The fourth-order valence-electron chi connectivity index (χ4n) is 3.32. The molecule has 1 unspecified atom stereocenters. The van der Waals surface area contributed by atoms with Gasteiger partial charge in [-0.15, -0.1) is 0 Å². The van der Waals surface area contributed by atoms with E-state index in [0.717, 1.165) is 29.5 Å². The highest BCUT2D eigenvalue weighted by molar-refractivity contribution is 6.04. The smallest absolute Gasteiger partial charge is 0.175 e. The molecule has 1 fully saturated rings. The second-order valence-electron chi connectivity index (χ2n) is 5.60. The number of rotatable bonds is 1. The molecular formula is C17H16FNO3. The predicted octanol–water partition coefficient (Wildman–Crippen LogP) is 2.92. The molecular weight excluding hydrogens is 285 g/mol. The molecule has 2 aliphatic rings. The zero-order valence-electron chi connectivity index (χ0n) is 11.9. The Morgan fingerprint density at radius 2 is 1.91 bits per heavy atom. The van der Waals surface area contributed by atoms with Gasteiger partial charge in [0.1, 0.15) is 6.10 Å². The summed E-state index contributed by atoms with van der Waals surface area (Å²) in [7, 11) is 0. The van der Waals surface area contributed by atoms with Crippen LogP contribution in [-0.4, -0.2) is 36.5 Å². The average molecular weight is 301 g/mol. The fraction of sp³-hybridized carbons (Fsp3) is 0.294. The minimum atomic E-state index is -1.41. The van der Waals surface area contributed by atoms with Crippen molar-refractivity contribution in [3.63, 3.8) is 0 Å². The van der Waals surface area contributed by atoms with E-state index >= 15 is 0 Å². The second kappa shape index (κ2) is 4.97. The van der Waals surface area contributed by atoms with Crippen molar-refractivity contribution in [2.75, 3.05) is 31.2 Å². The van der Waals surface area contributed by atoms with E-state index in [-0.39, 0.29) is 0 Å². The van der Waals surface area contributed by atoms with E-state index in [1.807, 2.05) is 18.2 Å². The molecule has 22 heavy (non-hydrogen) atoms. The Labute approximate surface area is 127 Å². The Morgan fingerprint density at radius 1 is 1.14 bits per heavy atom. The topological polar surface area (TPSA) is 52.9 Å². The van der Waals surface area contributed by atoms with Gasteiger partial charge in [0.25, 0.3) is 0 Å². The highest BCUT2D eigenvalue weighted by Gasteiger charge is 2.29. The summed E-state index contributed by atoms with van der Waals surface area (Å²) in [5.74, 6) is -1.36. The standard InChI is InChI=1S/C17H16FNO3/c18-15-16(20)11-3-1-2-10-13(19-6-8-22-9-7-19)5-4-12(14(10)11)17(15)21/h1-5,16,20-21H,6-9H2. The van der Waals surface area contributed by atoms with Crippen molar-refractivity contribution in [2.45, 2.75) is 6.10 Å². The van der Waals surface area contributed by atoms with Gasteiger partial charge in [-0.3, -0.25) is 0 Å². The number of morpholine rings is 1. The van der Waals surface area contributed by atoms with Crippen LogP contribution in [0.25, 0.3) is 16.5 Å². The van der Waals surface area contributed by atoms with Gasteiger partial charge in [-0.2, -0.15) is 0 Å². The van der Waals surface area contributed by atoms with Crippen LogP contribution < -0.4 is 4.90 Å². The first-order chi connectivity index (χ1) is 10.7. The molecule has 0 saturated carbocycles. The summed E-state index contributed by atoms with van der Waals surface area (Å²) in [5.41, 5.74) is 1.95. The highest BCUT2D eigenvalue weighted by Crippen LogP contribution is 2.44. The number of aliphatic hydroxyl groups excluding tert-OH is 2. The van der Waals surface area contributed by atoms with Crippen molar-refractivity contribution in [3.05, 3.63) is 47.3 Å². The summed E-state index contributed by atoms with van der Waals surface area (Å²) in [6.07, 6.45) is -1.41. The number of hydrogen-bond donors (Lipinski definition) is 2. The minimum Gasteiger partial charge on any atom is -0.505 e. The zero-order chi connectivity index (χ0) is 15.3. The largest absolute Gasteiger partial charge is 0.505 e. The predicted molar refractivity (Wildman–Crippen MR) is 82.6 cm³/mol. The van der Waals surface area contributed by atoms with E-state index in [1.165, 1.54) is 0 Å². The molecule has 0 aromatic heterocycles. The molecule has 0 radical (unpaired) electrons. The summed E-state index contributed by atoms with van der Waals surface area (Å²) in [5, 5.41) is 21.7. The van der Waals surface area contributed by atoms with Gasteiger partial charge >= 0.3 is 0 Å². The average Bonchev–Trinajstić information content (AvgIpc) is 2.58. The molecule has 0 amide bonds. The van der Waals surface area contributed by atoms with Crippen molar-refractivity contribution in [2.24, 2.45) is 0 Å². The van der Waals surface area contributed by atoms with E-state index in [2.05, 4.69) is 4.90 Å². The van der Waals surface area contributed by atoms with E-state index in [1.54, 1.807) is 12.1 Å². The molecule has 0 spiro atoms. The first-order valence-electron chi connectivity index (χ1n) is 7.34. The lowest BCUT2D eigenvalue weighted by Crippen LogP contribution is -2.36. The SMILES string of the molecule is OC1=C(F)C(O)c2cccc3c(N4CCOCC4)ccc1c23. The zero-order valence-corrected chi connectivity index (χ0v) is 11.9. The molecule has 2 aromatic rings. The van der Waals surface area contributed by atoms with E-state index < -0.39 is 17.7 Å². The molecule has 1 atom stereocenters. The molecule has 1 saturated heterocycles. The van der Waals surface area contributed by atoms with Crippen molar-refractivity contribution in [1.29, 1.82) is 0 Å². The van der Waals surface area contributed by atoms with Crippen LogP contribution in [0.15, 0.2) is 36.2 Å². The number of benzene rings is 2. The Balaban J connectivity index is 1.98. The van der Waals surface area contributed by atoms with Crippen LogP contribution in [0, 0.1) is 0 Å². The monoisotopic (exact) mass is 301 g/mol. The van der Waals surface area contributed by atoms with Crippen molar-refractivity contribution < 1.29 is 19.3 Å². The number of anilines is 1. The third-order valence-electron chi connectivity index (χ3n) is 4.42. The van der Waals surface area contributed by atoms with Crippen LogP contribution in [0.2, 0.25) is 0 Å². The molecule has 5 heteroatoms. The maximum absolute atomic E-state index is 14.0. The van der Waals surface area contributed by atoms with Gasteiger partial charge in [0.15, 0.2) is 11.6 Å². The van der Waals surface area contributed by atoms with Crippen LogP contribution >= 0.6 is 0 Å². The summed E-state index contributed by atoms with van der Waals surface area (Å²) in [6.45, 7) is 2.92. The lowest BCUT2D eigenvalue weighted by Gasteiger charge is -2.31. The first kappa shape index (κ1) is 13.5. The maximum Gasteiger partial charge on any atom is 0.175 e. The number of halogens is 1. The summed E-state index contributed by atoms with van der Waals surface area (Å²) in [4.78, 5) is 2.21. The molecule has 1 aliphatic carbocycles. The molecule has 1 aliphatic heterocycles. The number of aliphatic hydroxyl groups is 2. The number of nitrogens with zero attached hydrogens (tertiary/aromatic N) is 1. The van der Waals surface area contributed by atoms with Crippen molar-refractivity contribution >= 4 is 22.2 Å². The Hall–Kier alpha value is -2.11. The normalized spacial score (nSPS) is 21.5. The molecule has 4 rings (SSSR count). The minimum absolute atomic E-state index is 0.436. The van der Waals surface area contributed by atoms with Gasteiger partial charge in [-0.05, 0) is 17.7 Å².